The highest BCUT2D eigenvalue weighted by molar-refractivity contribution is 6.00. The van der Waals surface area contributed by atoms with Crippen LogP contribution in [0.2, 0.25) is 0 Å². The van der Waals surface area contributed by atoms with Crippen molar-refractivity contribution in [1.29, 1.82) is 0 Å². The zero-order valence-corrected chi connectivity index (χ0v) is 15.6. The molecule has 0 radical (unpaired) electrons. The zero-order valence-electron chi connectivity index (χ0n) is 15.6. The lowest BCUT2D eigenvalue weighted by Gasteiger charge is -2.13. The van der Waals surface area contributed by atoms with Crippen molar-refractivity contribution in [2.75, 3.05) is 18.9 Å². The Hall–Kier alpha value is -3.13. The number of ether oxygens (including phenoxy) is 1. The molecule has 0 aliphatic carbocycles. The molecule has 0 unspecified atom stereocenters. The van der Waals surface area contributed by atoms with Gasteiger partial charge >= 0.3 is 5.97 Å². The molecule has 1 aliphatic heterocycles. The van der Waals surface area contributed by atoms with Crippen molar-refractivity contribution < 1.29 is 14.6 Å². The number of phenols is 1. The number of carbonyl (C=O) groups excluding carboxylic acids is 1. The van der Waals surface area contributed by atoms with Crippen LogP contribution in [0.15, 0.2) is 36.8 Å². The first-order chi connectivity index (χ1) is 13.6. The van der Waals surface area contributed by atoms with E-state index >= 15 is 0 Å². The minimum absolute atomic E-state index is 0.0674. The first-order valence-corrected chi connectivity index (χ1v) is 9.36. The minimum atomic E-state index is -0.186. The van der Waals surface area contributed by atoms with Gasteiger partial charge < -0.3 is 25.5 Å². The summed E-state index contributed by atoms with van der Waals surface area (Å²) in [5, 5.41) is 13.8. The third kappa shape index (κ3) is 3.38. The molecule has 2 atom stereocenters. The highest BCUT2D eigenvalue weighted by atomic mass is 16.5. The summed E-state index contributed by atoms with van der Waals surface area (Å²) in [7, 11) is 0. The molecule has 28 heavy (non-hydrogen) atoms. The number of hydrogen-bond acceptors (Lipinski definition) is 7. The van der Waals surface area contributed by atoms with Gasteiger partial charge in [-0.25, -0.2) is 9.97 Å². The normalized spacial score (nSPS) is 19.2. The molecule has 0 saturated carbocycles. The Morgan fingerprint density at radius 1 is 1.36 bits per heavy atom. The smallest absolute Gasteiger partial charge is 0.307 e. The summed E-state index contributed by atoms with van der Waals surface area (Å²) < 4.78 is 7.16. The Morgan fingerprint density at radius 3 is 2.89 bits per heavy atom. The SMILES string of the molecule is CCOC(=O)C[C@H]1C[C@@H](n2cc(-c3ccc(O)cc3)c3c(N)ncnc32)CN1. The number of aromatic hydroxyl groups is 1. The molecule has 2 aromatic heterocycles. The number of nitrogen functional groups attached to an aromatic ring is 1. The molecule has 1 aliphatic rings. The lowest BCUT2D eigenvalue weighted by Crippen LogP contribution is -2.25. The third-order valence-electron chi connectivity index (χ3n) is 5.13. The highest BCUT2D eigenvalue weighted by Gasteiger charge is 2.29. The van der Waals surface area contributed by atoms with E-state index in [-0.39, 0.29) is 23.8 Å². The standard InChI is InChI=1S/C20H23N5O3/c1-2-28-17(27)8-13-7-14(9-22-13)25-10-16(12-3-5-15(26)6-4-12)18-19(21)23-11-24-20(18)25/h3-6,10-11,13-14,22,26H,2,7-9H2,1H3,(H2,21,23,24)/t13-,14-/m1/s1. The van der Waals surface area contributed by atoms with Crippen LogP contribution >= 0.6 is 0 Å². The molecule has 4 N–H and O–H groups in total. The number of hydrogen-bond donors (Lipinski definition) is 3. The number of fused-ring (bicyclic) bond motifs is 1. The number of phenolic OH excluding ortho intramolecular Hbond substituents is 1. The molecular weight excluding hydrogens is 358 g/mol. The fraction of sp³-hybridized carbons (Fsp3) is 0.350. The first-order valence-electron chi connectivity index (χ1n) is 9.36. The predicted molar refractivity (Wildman–Crippen MR) is 106 cm³/mol. The molecular formula is C20H23N5O3. The number of aromatic nitrogens is 3. The van der Waals surface area contributed by atoms with E-state index in [1.165, 1.54) is 6.33 Å². The van der Waals surface area contributed by atoms with Gasteiger partial charge in [-0.1, -0.05) is 12.1 Å². The van der Waals surface area contributed by atoms with Crippen LogP contribution in [0.5, 0.6) is 5.75 Å². The van der Waals surface area contributed by atoms with E-state index in [1.54, 1.807) is 12.1 Å². The summed E-state index contributed by atoms with van der Waals surface area (Å²) >= 11 is 0. The van der Waals surface area contributed by atoms with Crippen LogP contribution < -0.4 is 11.1 Å². The minimum Gasteiger partial charge on any atom is -0.508 e. The van der Waals surface area contributed by atoms with Crippen LogP contribution in [0.3, 0.4) is 0 Å². The number of nitrogens with two attached hydrogens (primary N) is 1. The van der Waals surface area contributed by atoms with Gasteiger partial charge in [0, 0.05) is 30.4 Å². The Balaban J connectivity index is 1.68. The van der Waals surface area contributed by atoms with Crippen molar-refractivity contribution in [3.63, 3.8) is 0 Å². The van der Waals surface area contributed by atoms with Crippen molar-refractivity contribution >= 4 is 22.8 Å². The van der Waals surface area contributed by atoms with Crippen molar-refractivity contribution in [1.82, 2.24) is 19.9 Å². The van der Waals surface area contributed by atoms with Crippen LogP contribution in [0, 0.1) is 0 Å². The van der Waals surface area contributed by atoms with Crippen LogP contribution in [0.25, 0.3) is 22.2 Å². The second kappa shape index (κ2) is 7.47. The predicted octanol–water partition coefficient (Wildman–Crippen LogP) is 2.24. The zero-order chi connectivity index (χ0) is 19.7. The Morgan fingerprint density at radius 2 is 2.14 bits per heavy atom. The number of nitrogens with one attached hydrogen (secondary N) is 1. The lowest BCUT2D eigenvalue weighted by atomic mass is 10.1. The molecule has 0 bridgehead atoms. The maximum Gasteiger partial charge on any atom is 0.307 e. The topological polar surface area (TPSA) is 115 Å². The molecule has 8 nitrogen and oxygen atoms in total. The average molecular weight is 381 g/mol. The second-order valence-corrected chi connectivity index (χ2v) is 6.96. The Bertz CT molecular complexity index is 999. The molecule has 1 saturated heterocycles. The molecule has 1 aromatic carbocycles. The number of nitrogens with zero attached hydrogens (tertiary/aromatic N) is 3. The van der Waals surface area contributed by atoms with Gasteiger partial charge in [-0.3, -0.25) is 4.79 Å². The largest absolute Gasteiger partial charge is 0.508 e. The maximum atomic E-state index is 11.8. The van der Waals surface area contributed by atoms with Gasteiger partial charge in [0.25, 0.3) is 0 Å². The van der Waals surface area contributed by atoms with Gasteiger partial charge in [0.15, 0.2) is 0 Å². The summed E-state index contributed by atoms with van der Waals surface area (Å²) in [5.41, 5.74) is 8.78. The summed E-state index contributed by atoms with van der Waals surface area (Å²) in [6, 6.07) is 7.19. The summed E-state index contributed by atoms with van der Waals surface area (Å²) in [6.45, 7) is 2.93. The number of anilines is 1. The van der Waals surface area contributed by atoms with Crippen LogP contribution in [-0.2, 0) is 9.53 Å². The summed E-state index contributed by atoms with van der Waals surface area (Å²) in [6.07, 6.45) is 4.64. The molecule has 146 valence electrons. The van der Waals surface area contributed by atoms with Crippen molar-refractivity contribution in [3.05, 3.63) is 36.8 Å². The molecule has 0 spiro atoms. The van der Waals surface area contributed by atoms with E-state index in [0.29, 0.717) is 18.8 Å². The van der Waals surface area contributed by atoms with Gasteiger partial charge in [0.1, 0.15) is 23.5 Å². The molecule has 1 fully saturated rings. The monoisotopic (exact) mass is 381 g/mol. The van der Waals surface area contributed by atoms with Gasteiger partial charge in [0.05, 0.1) is 18.4 Å². The number of rotatable bonds is 5. The van der Waals surface area contributed by atoms with E-state index in [4.69, 9.17) is 10.5 Å². The second-order valence-electron chi connectivity index (χ2n) is 6.96. The van der Waals surface area contributed by atoms with Crippen LogP contribution in [0.1, 0.15) is 25.8 Å². The van der Waals surface area contributed by atoms with E-state index in [1.807, 2.05) is 25.3 Å². The maximum absolute atomic E-state index is 11.8. The highest BCUT2D eigenvalue weighted by Crippen LogP contribution is 2.36. The van der Waals surface area contributed by atoms with Crippen molar-refractivity contribution in [2.24, 2.45) is 0 Å². The van der Waals surface area contributed by atoms with E-state index in [9.17, 15) is 9.90 Å². The van der Waals surface area contributed by atoms with Gasteiger partial charge in [-0.15, -0.1) is 0 Å². The van der Waals surface area contributed by atoms with Crippen molar-refractivity contribution in [2.45, 2.75) is 31.8 Å². The van der Waals surface area contributed by atoms with E-state index in [2.05, 4.69) is 19.9 Å². The lowest BCUT2D eigenvalue weighted by molar-refractivity contribution is -0.143. The van der Waals surface area contributed by atoms with Gasteiger partial charge in [-0.2, -0.15) is 0 Å². The van der Waals surface area contributed by atoms with Crippen LogP contribution in [0.4, 0.5) is 5.82 Å². The summed E-state index contributed by atoms with van der Waals surface area (Å²) in [5.74, 6) is 0.439. The first kappa shape index (κ1) is 18.2. The third-order valence-corrected chi connectivity index (χ3v) is 5.13. The quantitative estimate of drug-likeness (QED) is 0.581. The van der Waals surface area contributed by atoms with E-state index in [0.717, 1.165) is 35.1 Å². The van der Waals surface area contributed by atoms with Crippen LogP contribution in [-0.4, -0.2) is 44.8 Å². The number of benzene rings is 1. The molecule has 0 amide bonds. The Kier molecular flexibility index (Phi) is 4.87. The van der Waals surface area contributed by atoms with E-state index < -0.39 is 0 Å². The number of carbonyl (C=O) groups is 1. The van der Waals surface area contributed by atoms with Gasteiger partial charge in [-0.05, 0) is 31.0 Å². The fourth-order valence-corrected chi connectivity index (χ4v) is 3.83. The molecule has 3 heterocycles. The van der Waals surface area contributed by atoms with Gasteiger partial charge in [0.2, 0.25) is 0 Å². The Labute approximate surface area is 162 Å². The molecule has 4 rings (SSSR count). The summed E-state index contributed by atoms with van der Waals surface area (Å²) in [4.78, 5) is 20.4. The fourth-order valence-electron chi connectivity index (χ4n) is 3.83. The van der Waals surface area contributed by atoms with Crippen molar-refractivity contribution in [3.8, 4) is 16.9 Å². The number of esters is 1. The molecule has 3 aromatic rings. The average Bonchev–Trinajstić information content (AvgIpc) is 3.28. The molecule has 8 heteroatoms.